The predicted molar refractivity (Wildman–Crippen MR) is 114 cm³/mol. The highest BCUT2D eigenvalue weighted by molar-refractivity contribution is 5.79. The van der Waals surface area contributed by atoms with Gasteiger partial charge < -0.3 is 15.2 Å². The van der Waals surface area contributed by atoms with Crippen molar-refractivity contribution in [3.63, 3.8) is 0 Å². The van der Waals surface area contributed by atoms with Crippen molar-refractivity contribution in [2.75, 3.05) is 13.1 Å². The van der Waals surface area contributed by atoms with E-state index < -0.39 is 0 Å². The number of aliphatic imine (C=N–C) groups is 1. The lowest BCUT2D eigenvalue weighted by Crippen LogP contribution is -2.39. The van der Waals surface area contributed by atoms with Gasteiger partial charge in [0.25, 0.3) is 5.89 Å². The van der Waals surface area contributed by atoms with Gasteiger partial charge in [0, 0.05) is 25.7 Å². The molecule has 7 heteroatoms. The van der Waals surface area contributed by atoms with E-state index in [4.69, 9.17) is 9.52 Å². The molecule has 0 aliphatic heterocycles. The number of benzene rings is 1. The van der Waals surface area contributed by atoms with Gasteiger partial charge in [0.2, 0.25) is 0 Å². The molecule has 0 aliphatic carbocycles. The first-order chi connectivity index (χ1) is 14.2. The lowest BCUT2D eigenvalue weighted by atomic mass is 10.1. The van der Waals surface area contributed by atoms with Gasteiger partial charge in [-0.05, 0) is 31.0 Å². The molecule has 0 aliphatic rings. The number of guanidine groups is 1. The molecule has 2 N–H and O–H groups in total. The molecule has 7 nitrogen and oxygen atoms in total. The van der Waals surface area contributed by atoms with Crippen molar-refractivity contribution in [1.29, 1.82) is 0 Å². The van der Waals surface area contributed by atoms with Gasteiger partial charge in [0.1, 0.15) is 5.69 Å². The minimum absolute atomic E-state index is 0.440. The molecule has 2 heterocycles. The molecule has 1 aromatic carbocycles. The summed E-state index contributed by atoms with van der Waals surface area (Å²) in [4.78, 5) is 13.3. The van der Waals surface area contributed by atoms with E-state index in [0.29, 0.717) is 36.9 Å². The number of pyridine rings is 1. The van der Waals surface area contributed by atoms with Gasteiger partial charge >= 0.3 is 0 Å². The fourth-order valence-corrected chi connectivity index (χ4v) is 2.66. The number of nitrogens with one attached hydrogen (secondary N) is 2. The molecule has 0 fully saturated rings. The summed E-state index contributed by atoms with van der Waals surface area (Å²) in [6.45, 7) is 6.44. The summed E-state index contributed by atoms with van der Waals surface area (Å²) >= 11 is 0. The zero-order chi connectivity index (χ0) is 20.3. The average molecular weight is 393 g/mol. The fourth-order valence-electron chi connectivity index (χ4n) is 2.66. The van der Waals surface area contributed by atoms with Crippen molar-refractivity contribution in [2.24, 2.45) is 4.99 Å². The van der Waals surface area contributed by atoms with E-state index in [2.05, 4.69) is 63.9 Å². The Kier molecular flexibility index (Phi) is 7.74. The standard InChI is InChI=1S/C22H28N6O/c1-3-4-13-24-22(26-16-18-10-8-17(2)9-11-18)25-15-12-20-27-21(29-28-20)19-7-5-6-14-23-19/h5-11,14H,3-4,12-13,15-16H2,1-2H3,(H2,24,25,26). The van der Waals surface area contributed by atoms with E-state index in [1.54, 1.807) is 6.20 Å². The van der Waals surface area contributed by atoms with E-state index in [1.807, 2.05) is 18.2 Å². The average Bonchev–Trinajstić information content (AvgIpc) is 3.22. The van der Waals surface area contributed by atoms with Crippen LogP contribution in [-0.4, -0.2) is 34.2 Å². The summed E-state index contributed by atoms with van der Waals surface area (Å²) in [5.41, 5.74) is 3.12. The van der Waals surface area contributed by atoms with Crippen LogP contribution in [0.5, 0.6) is 0 Å². The van der Waals surface area contributed by atoms with Crippen molar-refractivity contribution in [3.8, 4) is 11.6 Å². The Morgan fingerprint density at radius 1 is 1.07 bits per heavy atom. The maximum absolute atomic E-state index is 5.31. The molecule has 0 atom stereocenters. The smallest absolute Gasteiger partial charge is 0.276 e. The van der Waals surface area contributed by atoms with Gasteiger partial charge in [-0.2, -0.15) is 4.98 Å². The number of aryl methyl sites for hydroxylation is 1. The second-order valence-electron chi connectivity index (χ2n) is 6.84. The Morgan fingerprint density at radius 3 is 2.66 bits per heavy atom. The number of aromatic nitrogens is 3. The van der Waals surface area contributed by atoms with Crippen molar-refractivity contribution in [3.05, 3.63) is 65.6 Å². The number of hydrogen-bond donors (Lipinski definition) is 2. The van der Waals surface area contributed by atoms with E-state index >= 15 is 0 Å². The Morgan fingerprint density at radius 2 is 1.90 bits per heavy atom. The molecule has 29 heavy (non-hydrogen) atoms. The highest BCUT2D eigenvalue weighted by atomic mass is 16.5. The summed E-state index contributed by atoms with van der Waals surface area (Å²) in [5.74, 6) is 1.88. The Labute approximate surface area is 171 Å². The van der Waals surface area contributed by atoms with Gasteiger partial charge in [-0.15, -0.1) is 0 Å². The molecule has 0 saturated carbocycles. The van der Waals surface area contributed by atoms with Gasteiger partial charge in [0.15, 0.2) is 11.8 Å². The van der Waals surface area contributed by atoms with Crippen LogP contribution in [0.2, 0.25) is 0 Å². The molecule has 0 amide bonds. The highest BCUT2D eigenvalue weighted by Gasteiger charge is 2.09. The SMILES string of the molecule is CCCCNC(=NCc1ccc(C)cc1)NCCc1noc(-c2ccccn2)n1. The van der Waals surface area contributed by atoms with Gasteiger partial charge in [-0.25, -0.2) is 4.99 Å². The monoisotopic (exact) mass is 392 g/mol. The van der Waals surface area contributed by atoms with E-state index in [0.717, 1.165) is 25.3 Å². The molecule has 2 aromatic heterocycles. The third-order valence-corrected chi connectivity index (χ3v) is 4.36. The van der Waals surface area contributed by atoms with Crippen molar-refractivity contribution >= 4 is 5.96 Å². The van der Waals surface area contributed by atoms with Gasteiger partial charge in [0.05, 0.1) is 6.54 Å². The van der Waals surface area contributed by atoms with Crippen LogP contribution >= 0.6 is 0 Å². The number of rotatable bonds is 9. The van der Waals surface area contributed by atoms with Crippen molar-refractivity contribution in [1.82, 2.24) is 25.8 Å². The largest absolute Gasteiger partial charge is 0.356 e. The quantitative estimate of drug-likeness (QED) is 0.329. The second kappa shape index (κ2) is 10.9. The second-order valence-corrected chi connectivity index (χ2v) is 6.84. The van der Waals surface area contributed by atoms with Crippen LogP contribution in [0.1, 0.15) is 36.7 Å². The molecule has 3 aromatic rings. The number of nitrogens with zero attached hydrogens (tertiary/aromatic N) is 4. The van der Waals surface area contributed by atoms with Crippen LogP contribution in [0.15, 0.2) is 58.2 Å². The molecular weight excluding hydrogens is 364 g/mol. The van der Waals surface area contributed by atoms with Crippen LogP contribution in [0.3, 0.4) is 0 Å². The molecule has 0 bridgehead atoms. The minimum Gasteiger partial charge on any atom is -0.356 e. The molecule has 0 radical (unpaired) electrons. The fraction of sp³-hybridized carbons (Fsp3) is 0.364. The Bertz CT molecular complexity index is 889. The first kappa shape index (κ1) is 20.5. The third kappa shape index (κ3) is 6.71. The van der Waals surface area contributed by atoms with E-state index in [-0.39, 0.29) is 0 Å². The number of unbranched alkanes of at least 4 members (excludes halogenated alkanes) is 1. The number of hydrogen-bond acceptors (Lipinski definition) is 5. The van der Waals surface area contributed by atoms with Gasteiger partial charge in [-0.1, -0.05) is 54.4 Å². The van der Waals surface area contributed by atoms with Crippen molar-refractivity contribution in [2.45, 2.75) is 39.7 Å². The van der Waals surface area contributed by atoms with Crippen molar-refractivity contribution < 1.29 is 4.52 Å². The third-order valence-electron chi connectivity index (χ3n) is 4.36. The zero-order valence-corrected chi connectivity index (χ0v) is 17.1. The van der Waals surface area contributed by atoms with Crippen LogP contribution in [0.4, 0.5) is 0 Å². The maximum Gasteiger partial charge on any atom is 0.276 e. The van der Waals surface area contributed by atoms with Gasteiger partial charge in [-0.3, -0.25) is 4.98 Å². The summed E-state index contributed by atoms with van der Waals surface area (Å²) in [5, 5.41) is 10.8. The molecular formula is C22H28N6O. The Hall–Kier alpha value is -3.22. The van der Waals surface area contributed by atoms with Crippen LogP contribution in [0, 0.1) is 6.92 Å². The highest BCUT2D eigenvalue weighted by Crippen LogP contribution is 2.13. The molecule has 0 saturated heterocycles. The zero-order valence-electron chi connectivity index (χ0n) is 17.1. The Balaban J connectivity index is 1.54. The summed E-state index contributed by atoms with van der Waals surface area (Å²) in [6.07, 6.45) is 4.58. The van der Waals surface area contributed by atoms with E-state index in [9.17, 15) is 0 Å². The van der Waals surface area contributed by atoms with Crippen LogP contribution in [0.25, 0.3) is 11.6 Å². The molecule has 152 valence electrons. The predicted octanol–water partition coefficient (Wildman–Crippen LogP) is 3.52. The van der Waals surface area contributed by atoms with Crippen LogP contribution < -0.4 is 10.6 Å². The first-order valence-corrected chi connectivity index (χ1v) is 10.1. The van der Waals surface area contributed by atoms with Crippen LogP contribution in [-0.2, 0) is 13.0 Å². The lowest BCUT2D eigenvalue weighted by molar-refractivity contribution is 0.421. The molecule has 0 unspecified atom stereocenters. The minimum atomic E-state index is 0.440. The topological polar surface area (TPSA) is 88.2 Å². The first-order valence-electron chi connectivity index (χ1n) is 10.1. The summed E-state index contributed by atoms with van der Waals surface area (Å²) < 4.78 is 5.31. The van der Waals surface area contributed by atoms with E-state index in [1.165, 1.54) is 11.1 Å². The summed E-state index contributed by atoms with van der Waals surface area (Å²) in [7, 11) is 0. The normalized spacial score (nSPS) is 11.4. The maximum atomic E-state index is 5.31. The summed E-state index contributed by atoms with van der Waals surface area (Å²) in [6, 6.07) is 14.0. The molecule has 3 rings (SSSR count). The molecule has 0 spiro atoms. The lowest BCUT2D eigenvalue weighted by Gasteiger charge is -2.12.